The summed E-state index contributed by atoms with van der Waals surface area (Å²) in [7, 11) is 1.93. The van der Waals surface area contributed by atoms with Crippen LogP contribution in [-0.2, 0) is 19.9 Å². The molecule has 2 rings (SSSR count). The van der Waals surface area contributed by atoms with Gasteiger partial charge in [0.1, 0.15) is 5.69 Å². The fraction of sp³-hybridized carbons (Fsp3) is 0.562. The van der Waals surface area contributed by atoms with Gasteiger partial charge < -0.3 is 5.32 Å². The number of aromatic nitrogens is 4. The van der Waals surface area contributed by atoms with E-state index >= 15 is 0 Å². The van der Waals surface area contributed by atoms with E-state index in [1.807, 2.05) is 31.6 Å². The molecular weight excluding hydrogens is 278 g/mol. The van der Waals surface area contributed by atoms with Crippen molar-refractivity contribution in [1.82, 2.24) is 25.3 Å². The van der Waals surface area contributed by atoms with Gasteiger partial charge in [0.15, 0.2) is 0 Å². The molecule has 0 bridgehead atoms. The van der Waals surface area contributed by atoms with Crippen LogP contribution in [0.1, 0.15) is 47.0 Å². The minimum absolute atomic E-state index is 0.134. The quantitative estimate of drug-likeness (QED) is 0.856. The number of carbonyl (C=O) groups is 1. The lowest BCUT2D eigenvalue weighted by Gasteiger charge is -2.04. The van der Waals surface area contributed by atoms with E-state index in [0.29, 0.717) is 18.2 Å². The largest absolute Gasteiger partial charge is 0.350 e. The summed E-state index contributed by atoms with van der Waals surface area (Å²) in [5.41, 5.74) is 4.82. The molecule has 0 spiro atoms. The molecule has 0 atom stereocenters. The molecule has 0 aliphatic carbocycles. The second kappa shape index (κ2) is 6.77. The molecule has 0 radical (unpaired) electrons. The van der Waals surface area contributed by atoms with Crippen LogP contribution in [0.25, 0.3) is 0 Å². The molecule has 120 valence electrons. The summed E-state index contributed by atoms with van der Waals surface area (Å²) >= 11 is 0. The average Bonchev–Trinajstić information content (AvgIpc) is 2.98. The lowest BCUT2D eigenvalue weighted by atomic mass is 10.1. The Morgan fingerprint density at radius 3 is 2.73 bits per heavy atom. The van der Waals surface area contributed by atoms with Gasteiger partial charge in [-0.15, -0.1) is 0 Å². The van der Waals surface area contributed by atoms with Crippen LogP contribution in [0.2, 0.25) is 0 Å². The van der Waals surface area contributed by atoms with E-state index in [-0.39, 0.29) is 5.91 Å². The van der Waals surface area contributed by atoms with Crippen molar-refractivity contribution >= 4 is 5.91 Å². The summed E-state index contributed by atoms with van der Waals surface area (Å²) < 4.78 is 1.87. The number of hydrogen-bond acceptors (Lipinski definition) is 3. The molecule has 0 saturated heterocycles. The molecule has 0 aliphatic heterocycles. The van der Waals surface area contributed by atoms with Crippen molar-refractivity contribution in [2.24, 2.45) is 13.0 Å². The molecule has 1 amide bonds. The van der Waals surface area contributed by atoms with Crippen molar-refractivity contribution in [1.29, 1.82) is 0 Å². The van der Waals surface area contributed by atoms with E-state index in [1.54, 1.807) is 0 Å². The number of aromatic amines is 1. The van der Waals surface area contributed by atoms with Gasteiger partial charge in [-0.1, -0.05) is 13.8 Å². The summed E-state index contributed by atoms with van der Waals surface area (Å²) in [5, 5.41) is 14.3. The van der Waals surface area contributed by atoms with Gasteiger partial charge >= 0.3 is 0 Å². The maximum atomic E-state index is 12.1. The van der Waals surface area contributed by atoms with Crippen molar-refractivity contribution in [3.63, 3.8) is 0 Å². The summed E-state index contributed by atoms with van der Waals surface area (Å²) in [6, 6.07) is 1.83. The Hall–Kier alpha value is -2.11. The highest BCUT2D eigenvalue weighted by molar-refractivity contribution is 5.92. The molecule has 22 heavy (non-hydrogen) atoms. The van der Waals surface area contributed by atoms with Crippen molar-refractivity contribution in [2.45, 2.75) is 40.5 Å². The molecule has 2 N–H and O–H groups in total. The molecule has 0 saturated carbocycles. The van der Waals surface area contributed by atoms with Crippen LogP contribution in [-0.4, -0.2) is 32.4 Å². The predicted molar refractivity (Wildman–Crippen MR) is 85.8 cm³/mol. The van der Waals surface area contributed by atoms with E-state index in [0.717, 1.165) is 29.9 Å². The smallest absolute Gasteiger partial charge is 0.271 e. The number of aryl methyl sites for hydroxylation is 2. The van der Waals surface area contributed by atoms with Crippen LogP contribution in [0.3, 0.4) is 0 Å². The van der Waals surface area contributed by atoms with E-state index < -0.39 is 0 Å². The van der Waals surface area contributed by atoms with Crippen LogP contribution in [0.15, 0.2) is 6.07 Å². The topological polar surface area (TPSA) is 75.6 Å². The summed E-state index contributed by atoms with van der Waals surface area (Å²) in [6.45, 7) is 8.90. The third kappa shape index (κ3) is 3.75. The number of hydrogen-bond donors (Lipinski definition) is 2. The molecule has 2 aromatic rings. The van der Waals surface area contributed by atoms with Crippen LogP contribution >= 0.6 is 0 Å². The zero-order valence-corrected chi connectivity index (χ0v) is 14.0. The Bertz CT molecular complexity index is 654. The summed E-state index contributed by atoms with van der Waals surface area (Å²) in [6.07, 6.45) is 1.68. The number of amides is 1. The highest BCUT2D eigenvalue weighted by atomic mass is 16.1. The molecule has 0 unspecified atom stereocenters. The number of nitrogens with zero attached hydrogens (tertiary/aromatic N) is 3. The maximum Gasteiger partial charge on any atom is 0.271 e. The molecule has 0 fully saturated rings. The molecular formula is C16H25N5O. The van der Waals surface area contributed by atoms with E-state index in [2.05, 4.69) is 34.5 Å². The Morgan fingerprint density at radius 1 is 1.41 bits per heavy atom. The van der Waals surface area contributed by atoms with Gasteiger partial charge in [0, 0.05) is 25.0 Å². The third-order valence-corrected chi connectivity index (χ3v) is 3.81. The van der Waals surface area contributed by atoms with Crippen molar-refractivity contribution in [2.75, 3.05) is 6.54 Å². The van der Waals surface area contributed by atoms with Crippen LogP contribution < -0.4 is 5.32 Å². The number of H-pyrrole nitrogens is 1. The molecule has 0 aliphatic rings. The van der Waals surface area contributed by atoms with Crippen molar-refractivity contribution in [3.8, 4) is 0 Å². The molecule has 2 heterocycles. The summed E-state index contributed by atoms with van der Waals surface area (Å²) in [5.74, 6) is 0.401. The van der Waals surface area contributed by atoms with Gasteiger partial charge in [-0.3, -0.25) is 14.6 Å². The van der Waals surface area contributed by atoms with Gasteiger partial charge in [0.05, 0.1) is 5.69 Å². The van der Waals surface area contributed by atoms with Crippen molar-refractivity contribution in [3.05, 3.63) is 34.4 Å². The third-order valence-electron chi connectivity index (χ3n) is 3.81. The Labute approximate surface area is 131 Å². The van der Waals surface area contributed by atoms with Gasteiger partial charge in [0.25, 0.3) is 5.91 Å². The first kappa shape index (κ1) is 16.3. The van der Waals surface area contributed by atoms with Crippen LogP contribution in [0, 0.1) is 19.8 Å². The monoisotopic (exact) mass is 303 g/mol. The molecule has 6 nitrogen and oxygen atoms in total. The van der Waals surface area contributed by atoms with E-state index in [9.17, 15) is 4.79 Å². The second-order valence-corrected chi connectivity index (χ2v) is 6.16. The Balaban J connectivity index is 1.89. The first-order valence-electron chi connectivity index (χ1n) is 7.70. The zero-order chi connectivity index (χ0) is 16.3. The van der Waals surface area contributed by atoms with E-state index in [1.165, 1.54) is 5.56 Å². The Kier molecular flexibility index (Phi) is 5.00. The highest BCUT2D eigenvalue weighted by Gasteiger charge is 2.13. The fourth-order valence-corrected chi connectivity index (χ4v) is 2.59. The SMILES string of the molecule is Cc1nn(C)c(C)c1CCNC(=O)c1cc(CC(C)C)[nH]n1. The van der Waals surface area contributed by atoms with Gasteiger partial charge in [-0.2, -0.15) is 10.2 Å². The minimum atomic E-state index is -0.134. The molecule has 6 heteroatoms. The highest BCUT2D eigenvalue weighted by Crippen LogP contribution is 2.12. The fourth-order valence-electron chi connectivity index (χ4n) is 2.59. The Morgan fingerprint density at radius 2 is 2.14 bits per heavy atom. The summed E-state index contributed by atoms with van der Waals surface area (Å²) in [4.78, 5) is 12.1. The number of carbonyl (C=O) groups excluding carboxylic acids is 1. The maximum absolute atomic E-state index is 12.1. The van der Waals surface area contributed by atoms with Crippen molar-refractivity contribution < 1.29 is 4.79 Å². The van der Waals surface area contributed by atoms with Gasteiger partial charge in [0.2, 0.25) is 0 Å². The zero-order valence-electron chi connectivity index (χ0n) is 14.0. The number of rotatable bonds is 6. The lowest BCUT2D eigenvalue weighted by Crippen LogP contribution is -2.26. The molecule has 0 aromatic carbocycles. The van der Waals surface area contributed by atoms with Gasteiger partial charge in [-0.05, 0) is 44.2 Å². The first-order chi connectivity index (χ1) is 10.4. The number of nitrogens with one attached hydrogen (secondary N) is 2. The van der Waals surface area contributed by atoms with E-state index in [4.69, 9.17) is 0 Å². The van der Waals surface area contributed by atoms with Crippen LogP contribution in [0.4, 0.5) is 0 Å². The molecule has 2 aromatic heterocycles. The second-order valence-electron chi connectivity index (χ2n) is 6.16. The average molecular weight is 303 g/mol. The van der Waals surface area contributed by atoms with Crippen LogP contribution in [0.5, 0.6) is 0 Å². The van der Waals surface area contributed by atoms with Gasteiger partial charge in [-0.25, -0.2) is 0 Å². The normalized spacial score (nSPS) is 11.2. The lowest BCUT2D eigenvalue weighted by molar-refractivity contribution is 0.0949. The predicted octanol–water partition coefficient (Wildman–Crippen LogP) is 1.93. The first-order valence-corrected chi connectivity index (χ1v) is 7.70. The minimum Gasteiger partial charge on any atom is -0.350 e. The standard InChI is InChI=1S/C16H25N5O/c1-10(2)8-13-9-15(19-18-13)16(22)17-7-6-14-11(3)20-21(5)12(14)4/h9-10H,6-8H2,1-5H3,(H,17,22)(H,18,19).